The third-order valence-corrected chi connectivity index (χ3v) is 6.58. The van der Waals surface area contributed by atoms with Crippen LogP contribution in [-0.4, -0.2) is 54.9 Å². The number of thiazole rings is 1. The Hall–Kier alpha value is -3.05. The molecule has 0 radical (unpaired) electrons. The molecule has 5 rings (SSSR count). The molecule has 4 heterocycles. The van der Waals surface area contributed by atoms with Crippen LogP contribution in [0.15, 0.2) is 17.6 Å². The highest BCUT2D eigenvalue weighted by Gasteiger charge is 2.38. The molecule has 1 saturated heterocycles. The molecule has 3 aromatic rings. The first-order valence-electron chi connectivity index (χ1n) is 10.8. The molecule has 1 amide bonds. The summed E-state index contributed by atoms with van der Waals surface area (Å²) in [6, 6.07) is 1.41. The Morgan fingerprint density at radius 2 is 2.22 bits per heavy atom. The number of hydrogen-bond donors (Lipinski definition) is 4. The van der Waals surface area contributed by atoms with Crippen molar-refractivity contribution in [2.45, 2.75) is 57.6 Å². The minimum atomic E-state index is -0.629. The molecule has 0 spiro atoms. The second-order valence-corrected chi connectivity index (χ2v) is 9.42. The van der Waals surface area contributed by atoms with Gasteiger partial charge in [0.15, 0.2) is 10.9 Å². The Balaban J connectivity index is 1.44. The van der Waals surface area contributed by atoms with Crippen molar-refractivity contribution in [2.75, 3.05) is 22.1 Å². The number of β-amino-alcohol motifs (C(OH)–C–C–N with tert-alkyl or cyclic N) is 1. The fourth-order valence-corrected chi connectivity index (χ4v) is 4.76. The largest absolute Gasteiger partial charge is 0.391 e. The van der Waals surface area contributed by atoms with E-state index in [4.69, 9.17) is 9.97 Å². The molecule has 0 aromatic carbocycles. The average molecular weight is 455 g/mol. The normalized spacial score (nSPS) is 20.1. The number of anilines is 4. The molecule has 0 saturated carbocycles. The summed E-state index contributed by atoms with van der Waals surface area (Å²) in [5.74, 6) is 1.98. The highest BCUT2D eigenvalue weighted by molar-refractivity contribution is 7.13. The van der Waals surface area contributed by atoms with E-state index in [-0.39, 0.29) is 5.91 Å². The van der Waals surface area contributed by atoms with E-state index >= 15 is 0 Å². The van der Waals surface area contributed by atoms with Crippen molar-refractivity contribution in [1.82, 2.24) is 25.1 Å². The van der Waals surface area contributed by atoms with Crippen molar-refractivity contribution in [3.63, 3.8) is 0 Å². The van der Waals surface area contributed by atoms with Crippen molar-refractivity contribution >= 4 is 40.0 Å². The van der Waals surface area contributed by atoms with Gasteiger partial charge in [0, 0.05) is 41.9 Å². The zero-order chi connectivity index (χ0) is 22.2. The lowest BCUT2D eigenvalue weighted by atomic mass is 10.1. The minimum Gasteiger partial charge on any atom is -0.391 e. The molecule has 3 aromatic heterocycles. The number of H-pyrrole nitrogens is 1. The Bertz CT molecular complexity index is 1110. The topological polar surface area (TPSA) is 132 Å². The van der Waals surface area contributed by atoms with Crippen LogP contribution in [0.4, 0.5) is 22.7 Å². The number of nitrogens with one attached hydrogen (secondary N) is 3. The Morgan fingerprint density at radius 1 is 1.34 bits per heavy atom. The maximum Gasteiger partial charge on any atom is 0.249 e. The third kappa shape index (κ3) is 4.05. The van der Waals surface area contributed by atoms with E-state index in [2.05, 4.69) is 39.7 Å². The van der Waals surface area contributed by atoms with E-state index in [0.29, 0.717) is 41.6 Å². The Labute approximate surface area is 189 Å². The third-order valence-electron chi connectivity index (χ3n) is 5.89. The summed E-state index contributed by atoms with van der Waals surface area (Å²) in [6.45, 7) is 4.51. The fraction of sp³-hybridized carbons (Fsp3) is 0.476. The van der Waals surface area contributed by atoms with E-state index in [1.807, 2.05) is 6.07 Å². The van der Waals surface area contributed by atoms with Crippen LogP contribution in [0.2, 0.25) is 0 Å². The van der Waals surface area contributed by atoms with Gasteiger partial charge in [-0.1, -0.05) is 13.8 Å². The van der Waals surface area contributed by atoms with E-state index in [1.54, 1.807) is 16.5 Å². The maximum absolute atomic E-state index is 12.9. The van der Waals surface area contributed by atoms with Gasteiger partial charge < -0.3 is 20.6 Å². The van der Waals surface area contributed by atoms with Crippen LogP contribution in [0.3, 0.4) is 0 Å². The molecule has 1 aliphatic carbocycles. The zero-order valence-corrected chi connectivity index (χ0v) is 18.8. The van der Waals surface area contributed by atoms with Gasteiger partial charge in [-0.25, -0.2) is 9.97 Å². The fourth-order valence-electron chi connectivity index (χ4n) is 4.23. The molecular weight excluding hydrogens is 428 g/mol. The van der Waals surface area contributed by atoms with E-state index in [0.717, 1.165) is 36.2 Å². The summed E-state index contributed by atoms with van der Waals surface area (Å²) in [4.78, 5) is 28.4. The number of rotatable bonds is 6. The van der Waals surface area contributed by atoms with E-state index in [9.17, 15) is 9.90 Å². The van der Waals surface area contributed by atoms with Crippen LogP contribution in [-0.2, 0) is 17.6 Å². The van der Waals surface area contributed by atoms with Crippen LogP contribution in [0.1, 0.15) is 49.6 Å². The van der Waals surface area contributed by atoms with Gasteiger partial charge in [-0.05, 0) is 25.2 Å². The highest BCUT2D eigenvalue weighted by atomic mass is 32.1. The molecule has 2 aliphatic rings. The van der Waals surface area contributed by atoms with Crippen LogP contribution in [0, 0.1) is 0 Å². The highest BCUT2D eigenvalue weighted by Crippen LogP contribution is 2.33. The van der Waals surface area contributed by atoms with Gasteiger partial charge in [-0.3, -0.25) is 9.89 Å². The number of hydrogen-bond acceptors (Lipinski definition) is 9. The number of aromatic nitrogens is 5. The monoisotopic (exact) mass is 454 g/mol. The molecule has 0 bridgehead atoms. The average Bonchev–Trinajstić information content (AvgIpc) is 3.54. The van der Waals surface area contributed by atoms with Crippen LogP contribution >= 0.6 is 11.3 Å². The van der Waals surface area contributed by atoms with Crippen molar-refractivity contribution in [2.24, 2.45) is 0 Å². The lowest BCUT2D eigenvalue weighted by molar-refractivity contribution is -0.117. The van der Waals surface area contributed by atoms with Crippen molar-refractivity contribution in [3.8, 4) is 0 Å². The number of fused-ring (bicyclic) bond motifs is 1. The molecule has 2 atom stereocenters. The van der Waals surface area contributed by atoms with Gasteiger partial charge in [-0.15, -0.1) is 11.3 Å². The Kier molecular flexibility index (Phi) is 5.51. The number of nitrogens with zero attached hydrogens (tertiary/aromatic N) is 5. The number of amides is 1. The van der Waals surface area contributed by atoms with Gasteiger partial charge in [0.1, 0.15) is 11.9 Å². The number of aliphatic hydroxyl groups is 1. The number of aryl methyl sites for hydroxylation is 1. The van der Waals surface area contributed by atoms with E-state index < -0.39 is 12.1 Å². The second-order valence-electron chi connectivity index (χ2n) is 8.52. The number of aliphatic hydroxyl groups excluding tert-OH is 1. The quantitative estimate of drug-likeness (QED) is 0.447. The van der Waals surface area contributed by atoms with Gasteiger partial charge >= 0.3 is 0 Å². The summed E-state index contributed by atoms with van der Waals surface area (Å²) in [5.41, 5.74) is 3.11. The summed E-state index contributed by atoms with van der Waals surface area (Å²) in [6.07, 6.45) is 4.10. The molecule has 11 heteroatoms. The summed E-state index contributed by atoms with van der Waals surface area (Å²) in [5, 5.41) is 26.3. The standard InChI is InChI=1S/C21H26N8O2S/c1-11(2)15-9-17(28-27-15)24-18-13-4-3-5-14(13)23-20(25-18)29-10-12(30)8-16(29)19(31)26-21-22-6-7-32-21/h6-7,9,11-12,16,30H,3-5,8,10H2,1-2H3,(H,22,26,31)(H2,23,24,25,27,28)/t12-,16-/m1/s1. The van der Waals surface area contributed by atoms with Gasteiger partial charge in [0.2, 0.25) is 11.9 Å². The van der Waals surface area contributed by atoms with E-state index in [1.165, 1.54) is 11.3 Å². The van der Waals surface area contributed by atoms with Crippen LogP contribution in [0.25, 0.3) is 0 Å². The lowest BCUT2D eigenvalue weighted by Crippen LogP contribution is -2.40. The van der Waals surface area contributed by atoms with Gasteiger partial charge in [0.05, 0.1) is 11.8 Å². The molecule has 4 N–H and O–H groups in total. The second kappa shape index (κ2) is 8.47. The van der Waals surface area contributed by atoms with Crippen molar-refractivity contribution in [1.29, 1.82) is 0 Å². The molecule has 32 heavy (non-hydrogen) atoms. The molecule has 0 unspecified atom stereocenters. The first-order valence-corrected chi connectivity index (χ1v) is 11.7. The molecular formula is C21H26N8O2S. The Morgan fingerprint density at radius 3 is 2.97 bits per heavy atom. The zero-order valence-electron chi connectivity index (χ0n) is 18.0. The number of carbonyl (C=O) groups is 1. The van der Waals surface area contributed by atoms with Crippen LogP contribution < -0.4 is 15.5 Å². The first-order chi connectivity index (χ1) is 15.5. The minimum absolute atomic E-state index is 0.219. The predicted octanol–water partition coefficient (Wildman–Crippen LogP) is 2.59. The molecule has 1 aliphatic heterocycles. The molecule has 10 nitrogen and oxygen atoms in total. The number of carbonyl (C=O) groups excluding carboxylic acids is 1. The SMILES string of the molecule is CC(C)c1cc(Nc2nc(N3C[C@H](O)C[C@@H]3C(=O)Nc3nccs3)nc3c2CCC3)n[nH]1. The smallest absolute Gasteiger partial charge is 0.249 e. The van der Waals surface area contributed by atoms with Gasteiger partial charge in [0.25, 0.3) is 0 Å². The number of aromatic amines is 1. The molecule has 1 fully saturated rings. The molecule has 168 valence electrons. The van der Waals surface area contributed by atoms with Crippen LogP contribution in [0.5, 0.6) is 0 Å². The lowest BCUT2D eigenvalue weighted by Gasteiger charge is -2.24. The summed E-state index contributed by atoms with van der Waals surface area (Å²) < 4.78 is 0. The first kappa shape index (κ1) is 20.8. The summed E-state index contributed by atoms with van der Waals surface area (Å²) >= 11 is 1.36. The van der Waals surface area contributed by atoms with Crippen molar-refractivity contribution in [3.05, 3.63) is 34.6 Å². The maximum atomic E-state index is 12.9. The predicted molar refractivity (Wildman–Crippen MR) is 123 cm³/mol. The van der Waals surface area contributed by atoms with Gasteiger partial charge in [-0.2, -0.15) is 10.1 Å². The van der Waals surface area contributed by atoms with Crippen molar-refractivity contribution < 1.29 is 9.90 Å². The summed E-state index contributed by atoms with van der Waals surface area (Å²) in [7, 11) is 0.